The predicted octanol–water partition coefficient (Wildman–Crippen LogP) is 16.2. The van der Waals surface area contributed by atoms with Crippen LogP contribution in [0.5, 0.6) is 0 Å². The number of rotatable bonds is 8. The first-order valence-corrected chi connectivity index (χ1v) is 24.8. The smallest absolute Gasteiger partial charge is 0.252 e. The summed E-state index contributed by atoms with van der Waals surface area (Å²) in [6.07, 6.45) is 0. The Morgan fingerprint density at radius 2 is 0.808 bits per heavy atom. The minimum atomic E-state index is -0.491. The van der Waals surface area contributed by atoms with Crippen molar-refractivity contribution in [3.05, 3.63) is 278 Å². The number of hydrogen-bond acceptors (Lipinski definition) is 2. The molecule has 0 N–H and O–H groups in total. The van der Waals surface area contributed by atoms with Crippen molar-refractivity contribution in [2.45, 2.75) is 19.3 Å². The van der Waals surface area contributed by atoms with Crippen LogP contribution in [-0.4, -0.2) is 11.3 Å². The van der Waals surface area contributed by atoms with E-state index in [9.17, 15) is 5.48 Å². The maximum Gasteiger partial charge on any atom is 0.252 e. The second kappa shape index (κ2) is 17.0. The topological polar surface area (TPSA) is 11.4 Å². The summed E-state index contributed by atoms with van der Waals surface area (Å²) in [5.74, 6) is 0. The molecule has 0 aliphatic carbocycles. The lowest BCUT2D eigenvalue weighted by atomic mass is 9.33. The van der Waals surface area contributed by atoms with E-state index in [0.717, 1.165) is 95.0 Å². The van der Waals surface area contributed by atoms with E-state index in [0.29, 0.717) is 5.69 Å². The molecule has 14 rings (SSSR count). The normalized spacial score (nSPS) is 14.2. The van der Waals surface area contributed by atoms with Crippen molar-refractivity contribution in [2.24, 2.45) is 0 Å². The molecular weight excluding hydrogens is 882 g/mol. The molecule has 3 heterocycles. The maximum absolute atomic E-state index is 9.65. The monoisotopic (exact) mass is 939 g/mol. The number of para-hydroxylation sites is 2. The third kappa shape index (κ3) is 6.97. The minimum Gasteiger partial charge on any atom is -0.311 e. The van der Waals surface area contributed by atoms with E-state index >= 15 is 0 Å². The molecule has 2 aliphatic heterocycles. The number of benzene rings is 11. The van der Waals surface area contributed by atoms with E-state index in [-0.39, 0.29) is 52.7 Å². The Morgan fingerprint density at radius 1 is 0.356 bits per heavy atom. The van der Waals surface area contributed by atoms with Crippen molar-refractivity contribution in [2.75, 3.05) is 9.80 Å². The molecule has 0 saturated carbocycles. The summed E-state index contributed by atoms with van der Waals surface area (Å²) in [5, 5.41) is 0.0387. The van der Waals surface area contributed by atoms with Crippen molar-refractivity contribution in [3.8, 4) is 39.1 Å². The molecular formula is C69H50BN3. The van der Waals surface area contributed by atoms with Gasteiger partial charge in [0.1, 0.15) is 0 Å². The van der Waals surface area contributed by atoms with Gasteiger partial charge in [0, 0.05) is 50.3 Å². The largest absolute Gasteiger partial charge is 0.311 e. The highest BCUT2D eigenvalue weighted by atomic mass is 15.2. The van der Waals surface area contributed by atoms with Gasteiger partial charge in [0.15, 0.2) is 0 Å². The third-order valence-corrected chi connectivity index (χ3v) is 15.1. The van der Waals surface area contributed by atoms with Gasteiger partial charge in [-0.3, -0.25) is 0 Å². The van der Waals surface area contributed by atoms with E-state index < -0.39 is 29.6 Å². The lowest BCUT2D eigenvalue weighted by molar-refractivity contribution is 0.641. The summed E-state index contributed by atoms with van der Waals surface area (Å²) in [6, 6.07) is 73.0. The van der Waals surface area contributed by atoms with Gasteiger partial charge in [-0.25, -0.2) is 0 Å². The van der Waals surface area contributed by atoms with E-state index in [4.69, 9.17) is 5.48 Å². The second-order valence-corrected chi connectivity index (χ2v) is 19.5. The van der Waals surface area contributed by atoms with Crippen molar-refractivity contribution in [1.82, 2.24) is 4.57 Å². The van der Waals surface area contributed by atoms with E-state index in [1.807, 2.05) is 54.6 Å². The van der Waals surface area contributed by atoms with Crippen molar-refractivity contribution < 1.29 is 11.0 Å². The number of hydrogen-bond donors (Lipinski definition) is 0. The van der Waals surface area contributed by atoms with E-state index in [1.54, 1.807) is 4.57 Å². The fourth-order valence-electron chi connectivity index (χ4n) is 11.4. The Kier molecular flexibility index (Phi) is 8.18. The van der Waals surface area contributed by atoms with Crippen LogP contribution >= 0.6 is 0 Å². The summed E-state index contributed by atoms with van der Waals surface area (Å²) >= 11 is 0. The number of fused-ring (bicyclic) bond motifs is 7. The maximum atomic E-state index is 9.65. The van der Waals surface area contributed by atoms with Gasteiger partial charge in [0.2, 0.25) is 0 Å². The Bertz CT molecular complexity index is 4440. The lowest BCUT2D eigenvalue weighted by Crippen LogP contribution is -2.61. The molecule has 0 unspecified atom stereocenters. The van der Waals surface area contributed by atoms with Crippen LogP contribution in [0.25, 0.3) is 60.9 Å². The fraction of sp³-hybridized carbons (Fsp3) is 0.0435. The third-order valence-electron chi connectivity index (χ3n) is 15.1. The Morgan fingerprint density at radius 3 is 1.34 bits per heavy atom. The summed E-state index contributed by atoms with van der Waals surface area (Å²) in [7, 11) is 0. The van der Waals surface area contributed by atoms with Gasteiger partial charge in [0.05, 0.1) is 27.7 Å². The average molecular weight is 940 g/mol. The minimum absolute atomic E-state index is 0.0193. The fourth-order valence-corrected chi connectivity index (χ4v) is 11.4. The molecule has 0 bridgehead atoms. The first kappa shape index (κ1) is 35.1. The van der Waals surface area contributed by atoms with Gasteiger partial charge in [-0.05, 0) is 122 Å². The number of aromatic nitrogens is 1. The molecule has 3 nitrogen and oxygen atoms in total. The molecule has 4 heteroatoms. The van der Waals surface area contributed by atoms with Crippen LogP contribution in [0.3, 0.4) is 0 Å². The molecule has 0 saturated heterocycles. The molecule has 73 heavy (non-hydrogen) atoms. The van der Waals surface area contributed by atoms with Crippen LogP contribution < -0.4 is 26.2 Å². The molecule has 2 aliphatic rings. The van der Waals surface area contributed by atoms with Crippen molar-refractivity contribution in [1.29, 1.82) is 0 Å². The zero-order valence-electron chi connectivity index (χ0n) is 48.2. The first-order valence-electron chi connectivity index (χ1n) is 28.8. The van der Waals surface area contributed by atoms with Gasteiger partial charge in [-0.15, -0.1) is 0 Å². The van der Waals surface area contributed by atoms with Crippen LogP contribution in [0.15, 0.2) is 267 Å². The Hall–Kier alpha value is -9.12. The van der Waals surface area contributed by atoms with Crippen LogP contribution in [0, 0.1) is 0 Å². The van der Waals surface area contributed by atoms with Gasteiger partial charge in [-0.2, -0.15) is 0 Å². The number of nitrogens with zero attached hydrogens (tertiary/aromatic N) is 3. The number of anilines is 6. The summed E-state index contributed by atoms with van der Waals surface area (Å²) < 4.78 is 75.7. The standard InChI is InChI=1S/C69H50BN3/c1-69(2,53-25-13-6-14-26-53)54-36-41-60-65(44-54)72(56-39-33-51(34-40-56)48-21-9-4-10-22-48)67-46-57(73-62-29-17-15-27-58(62)59-28-16-18-30-63(59)73)45-66-68(67)70(60)61-43-52(49-23-11-5-12-24-49)35-42-64(61)71(66)55-37-31-50(32-38-55)47-19-7-3-8-20-47/h3-46H,1-2H3/i15D,16D,17D,18D,27D,28D,29D,30D. The van der Waals surface area contributed by atoms with Gasteiger partial charge >= 0.3 is 0 Å². The van der Waals surface area contributed by atoms with E-state index in [1.165, 1.54) is 0 Å². The van der Waals surface area contributed by atoms with Crippen molar-refractivity contribution >= 4 is 79.0 Å². The molecule has 1 aromatic heterocycles. The van der Waals surface area contributed by atoms with Crippen LogP contribution in [-0.2, 0) is 5.41 Å². The average Bonchev–Trinajstić information content (AvgIpc) is 2.72. The first-order chi connectivity index (χ1) is 39.3. The highest BCUT2D eigenvalue weighted by Gasteiger charge is 2.44. The highest BCUT2D eigenvalue weighted by molar-refractivity contribution is 7.00. The summed E-state index contributed by atoms with van der Waals surface area (Å²) in [4.78, 5) is 4.60. The Balaban J connectivity index is 1.14. The van der Waals surface area contributed by atoms with Crippen LogP contribution in [0.1, 0.15) is 35.9 Å². The quantitative estimate of drug-likeness (QED) is 0.141. The molecule has 12 aromatic rings. The van der Waals surface area contributed by atoms with Crippen LogP contribution in [0.2, 0.25) is 0 Å². The summed E-state index contributed by atoms with van der Waals surface area (Å²) in [6.45, 7) is 4.16. The zero-order chi connectivity index (χ0) is 55.6. The van der Waals surface area contributed by atoms with Crippen molar-refractivity contribution in [3.63, 3.8) is 0 Å². The molecule has 0 amide bonds. The molecule has 0 atom stereocenters. The van der Waals surface area contributed by atoms with Gasteiger partial charge in [0.25, 0.3) is 6.71 Å². The Labute approximate surface area is 438 Å². The van der Waals surface area contributed by atoms with E-state index in [2.05, 4.69) is 187 Å². The summed E-state index contributed by atoms with van der Waals surface area (Å²) in [5.41, 5.74) is 17.1. The lowest BCUT2D eigenvalue weighted by Gasteiger charge is -2.45. The SMILES string of the molecule is [2H]c1c([2H])c([2H])c2c(c1[2H])c1c([2H])c([2H])c([2H])c([2H])c1n2-c1cc2c3c(c1)N(c1ccc(-c4ccccc4)cc1)c1cc(C(C)(C)c4ccccc4)ccc1B3c1cc(-c3ccccc3)ccc1N2c1ccc(-c2ccccc2)cc1. The molecule has 0 radical (unpaired) electrons. The van der Waals surface area contributed by atoms with Crippen LogP contribution in [0.4, 0.5) is 34.1 Å². The van der Waals surface area contributed by atoms with Gasteiger partial charge < -0.3 is 14.4 Å². The molecule has 0 spiro atoms. The zero-order valence-corrected chi connectivity index (χ0v) is 40.2. The highest BCUT2D eigenvalue weighted by Crippen LogP contribution is 2.48. The second-order valence-electron chi connectivity index (χ2n) is 19.5. The molecule has 344 valence electrons. The molecule has 11 aromatic carbocycles. The van der Waals surface area contributed by atoms with Gasteiger partial charge in [-0.1, -0.05) is 220 Å². The predicted molar refractivity (Wildman–Crippen MR) is 310 cm³/mol. The molecule has 0 fully saturated rings.